The minimum atomic E-state index is 0.0853. The molecule has 2 aromatic rings. The van der Waals surface area contributed by atoms with Gasteiger partial charge in [0.1, 0.15) is 11.5 Å². The molecule has 26 heavy (non-hydrogen) atoms. The zero-order valence-corrected chi connectivity index (χ0v) is 15.5. The Morgan fingerprint density at radius 2 is 2.31 bits per heavy atom. The van der Waals surface area contributed by atoms with Crippen molar-refractivity contribution in [3.63, 3.8) is 0 Å². The maximum Gasteiger partial charge on any atom is 0.220 e. The zero-order chi connectivity index (χ0) is 18.2. The molecule has 2 atom stereocenters. The van der Waals surface area contributed by atoms with Gasteiger partial charge in [-0.25, -0.2) is 0 Å². The summed E-state index contributed by atoms with van der Waals surface area (Å²) in [5.41, 5.74) is 1.01. The van der Waals surface area contributed by atoms with E-state index in [0.29, 0.717) is 24.8 Å². The van der Waals surface area contributed by atoms with E-state index in [2.05, 4.69) is 28.8 Å². The summed E-state index contributed by atoms with van der Waals surface area (Å²) in [5, 5.41) is 10.6. The van der Waals surface area contributed by atoms with Crippen molar-refractivity contribution < 1.29 is 13.7 Å². The van der Waals surface area contributed by atoms with E-state index in [-0.39, 0.29) is 5.91 Å². The lowest BCUT2D eigenvalue weighted by Crippen LogP contribution is -2.40. The van der Waals surface area contributed by atoms with Crippen LogP contribution in [0.2, 0.25) is 0 Å². The number of amides is 1. The zero-order valence-electron chi connectivity index (χ0n) is 15.5. The van der Waals surface area contributed by atoms with E-state index in [0.717, 1.165) is 62.4 Å². The maximum atomic E-state index is 12.3. The van der Waals surface area contributed by atoms with Crippen molar-refractivity contribution >= 4 is 5.91 Å². The highest BCUT2D eigenvalue weighted by Crippen LogP contribution is 2.26. The molecule has 1 aliphatic rings. The fourth-order valence-electron chi connectivity index (χ4n) is 3.58. The lowest BCUT2D eigenvalue weighted by atomic mass is 9.81. The van der Waals surface area contributed by atoms with E-state index in [1.807, 2.05) is 12.1 Å². The molecule has 0 saturated carbocycles. The average Bonchev–Trinajstić information content (AvgIpc) is 3.32. The molecule has 1 aliphatic heterocycles. The maximum absolute atomic E-state index is 12.3. The average molecular weight is 359 g/mol. The normalized spacial score (nSPS) is 20.2. The van der Waals surface area contributed by atoms with E-state index < -0.39 is 0 Å². The second-order valence-electron chi connectivity index (χ2n) is 7.17. The first-order valence-corrected chi connectivity index (χ1v) is 9.69. The standard InChI is InChI=1S/C20H29N3O3/c1-2-3-5-18-12-17(23-26-18)10-16-13-21-8-7-15(16)11-20(24)22-14-19-6-4-9-25-19/h4,6,9,12,15-16,21H,2-3,5,7-8,10-11,13-14H2,1H3,(H,22,24)/t15-,16-/m0/s1. The molecular weight excluding hydrogens is 330 g/mol. The summed E-state index contributed by atoms with van der Waals surface area (Å²) in [6.07, 6.45) is 7.27. The van der Waals surface area contributed by atoms with E-state index in [1.165, 1.54) is 0 Å². The molecule has 1 amide bonds. The molecule has 3 rings (SSSR count). The number of aromatic nitrogens is 1. The highest BCUT2D eigenvalue weighted by Gasteiger charge is 2.28. The molecule has 2 aromatic heterocycles. The number of unbranched alkanes of at least 4 members (excludes halogenated alkanes) is 1. The van der Waals surface area contributed by atoms with Crippen molar-refractivity contribution in [2.45, 2.75) is 52.0 Å². The quantitative estimate of drug-likeness (QED) is 0.719. The van der Waals surface area contributed by atoms with Crippen LogP contribution in [0.5, 0.6) is 0 Å². The Kier molecular flexibility index (Phi) is 6.89. The van der Waals surface area contributed by atoms with Crippen LogP contribution in [0, 0.1) is 11.8 Å². The molecule has 1 fully saturated rings. The van der Waals surface area contributed by atoms with Crippen molar-refractivity contribution in [2.24, 2.45) is 11.8 Å². The summed E-state index contributed by atoms with van der Waals surface area (Å²) >= 11 is 0. The summed E-state index contributed by atoms with van der Waals surface area (Å²) in [4.78, 5) is 12.3. The van der Waals surface area contributed by atoms with Crippen LogP contribution in [0.3, 0.4) is 0 Å². The first-order valence-electron chi connectivity index (χ1n) is 9.69. The number of hydrogen-bond donors (Lipinski definition) is 2. The number of piperidine rings is 1. The van der Waals surface area contributed by atoms with Crippen LogP contribution in [0.25, 0.3) is 0 Å². The van der Waals surface area contributed by atoms with Crippen LogP contribution in [0.1, 0.15) is 49.8 Å². The summed E-state index contributed by atoms with van der Waals surface area (Å²) in [6.45, 7) is 4.51. The van der Waals surface area contributed by atoms with Crippen LogP contribution >= 0.6 is 0 Å². The topological polar surface area (TPSA) is 80.3 Å². The summed E-state index contributed by atoms with van der Waals surface area (Å²) in [6, 6.07) is 5.78. The van der Waals surface area contributed by atoms with Gasteiger partial charge in [0.05, 0.1) is 18.5 Å². The predicted molar refractivity (Wildman–Crippen MR) is 98.5 cm³/mol. The molecular formula is C20H29N3O3. The Morgan fingerprint density at radius 3 is 3.12 bits per heavy atom. The third-order valence-electron chi connectivity index (χ3n) is 5.11. The van der Waals surface area contributed by atoms with Crippen molar-refractivity contribution in [3.05, 3.63) is 41.7 Å². The van der Waals surface area contributed by atoms with Crippen LogP contribution in [-0.4, -0.2) is 24.2 Å². The van der Waals surface area contributed by atoms with E-state index in [1.54, 1.807) is 6.26 Å². The first-order chi connectivity index (χ1) is 12.7. The van der Waals surface area contributed by atoms with Gasteiger partial charge in [-0.1, -0.05) is 18.5 Å². The number of furan rings is 1. The SMILES string of the molecule is CCCCc1cc(C[C@H]2CNCC[C@H]2CC(=O)NCc2ccco2)no1. The largest absolute Gasteiger partial charge is 0.467 e. The fraction of sp³-hybridized carbons (Fsp3) is 0.600. The van der Waals surface area contributed by atoms with Crippen molar-refractivity contribution in [2.75, 3.05) is 13.1 Å². The molecule has 0 unspecified atom stereocenters. The molecule has 1 saturated heterocycles. The van der Waals surface area contributed by atoms with Gasteiger partial charge in [-0.3, -0.25) is 4.79 Å². The molecule has 0 aromatic carbocycles. The molecule has 0 radical (unpaired) electrons. The van der Waals surface area contributed by atoms with E-state index >= 15 is 0 Å². The monoisotopic (exact) mass is 359 g/mol. The Balaban J connectivity index is 1.50. The summed E-state index contributed by atoms with van der Waals surface area (Å²) in [5.74, 6) is 2.61. The lowest BCUT2D eigenvalue weighted by molar-refractivity contribution is -0.122. The van der Waals surface area contributed by atoms with Gasteiger partial charge in [0.2, 0.25) is 5.91 Å². The van der Waals surface area contributed by atoms with Gasteiger partial charge in [-0.15, -0.1) is 0 Å². The molecule has 0 bridgehead atoms. The number of aryl methyl sites for hydroxylation is 1. The van der Waals surface area contributed by atoms with Crippen molar-refractivity contribution in [3.8, 4) is 0 Å². The smallest absolute Gasteiger partial charge is 0.220 e. The molecule has 142 valence electrons. The second kappa shape index (κ2) is 9.57. The minimum absolute atomic E-state index is 0.0853. The van der Waals surface area contributed by atoms with Crippen LogP contribution in [0.4, 0.5) is 0 Å². The minimum Gasteiger partial charge on any atom is -0.467 e. The molecule has 6 heteroatoms. The molecule has 6 nitrogen and oxygen atoms in total. The highest BCUT2D eigenvalue weighted by atomic mass is 16.5. The van der Waals surface area contributed by atoms with E-state index in [9.17, 15) is 4.79 Å². The van der Waals surface area contributed by atoms with Crippen LogP contribution < -0.4 is 10.6 Å². The van der Waals surface area contributed by atoms with Crippen molar-refractivity contribution in [1.82, 2.24) is 15.8 Å². The van der Waals surface area contributed by atoms with Crippen molar-refractivity contribution in [1.29, 1.82) is 0 Å². The van der Waals surface area contributed by atoms with E-state index in [4.69, 9.17) is 8.94 Å². The predicted octanol–water partition coefficient (Wildman–Crippen LogP) is 3.08. The molecule has 0 aliphatic carbocycles. The lowest BCUT2D eigenvalue weighted by Gasteiger charge is -2.31. The van der Waals surface area contributed by atoms with Gasteiger partial charge >= 0.3 is 0 Å². The highest BCUT2D eigenvalue weighted by molar-refractivity contribution is 5.76. The fourth-order valence-corrected chi connectivity index (χ4v) is 3.58. The Hall–Kier alpha value is -2.08. The number of nitrogens with one attached hydrogen (secondary N) is 2. The van der Waals surface area contributed by atoms with Crippen LogP contribution in [0.15, 0.2) is 33.4 Å². The van der Waals surface area contributed by atoms with Gasteiger partial charge in [-0.2, -0.15) is 0 Å². The number of hydrogen-bond acceptors (Lipinski definition) is 5. The third-order valence-corrected chi connectivity index (χ3v) is 5.11. The van der Waals surface area contributed by atoms with Gasteiger partial charge < -0.3 is 19.6 Å². The number of rotatable bonds is 9. The van der Waals surface area contributed by atoms with Gasteiger partial charge in [0.25, 0.3) is 0 Å². The van der Waals surface area contributed by atoms with Gasteiger partial charge in [0.15, 0.2) is 0 Å². The Bertz CT molecular complexity index is 666. The Morgan fingerprint density at radius 1 is 1.38 bits per heavy atom. The summed E-state index contributed by atoms with van der Waals surface area (Å²) < 4.78 is 10.7. The Labute approximate surface area is 154 Å². The van der Waals surface area contributed by atoms with Gasteiger partial charge in [0, 0.05) is 18.9 Å². The number of nitrogens with zero attached hydrogens (tertiary/aromatic N) is 1. The van der Waals surface area contributed by atoms with Crippen LogP contribution in [-0.2, 0) is 24.2 Å². The molecule has 2 N–H and O–H groups in total. The number of carbonyl (C=O) groups excluding carboxylic acids is 1. The second-order valence-corrected chi connectivity index (χ2v) is 7.17. The third kappa shape index (κ3) is 5.46. The first kappa shape index (κ1) is 18.7. The molecule has 0 spiro atoms. The van der Waals surface area contributed by atoms with Gasteiger partial charge in [-0.05, 0) is 56.3 Å². The number of carbonyl (C=O) groups is 1. The molecule has 3 heterocycles. The summed E-state index contributed by atoms with van der Waals surface area (Å²) in [7, 11) is 0.